The number of halogens is 3. The number of anilines is 2. The summed E-state index contributed by atoms with van der Waals surface area (Å²) in [6.07, 6.45) is -3.25. The maximum absolute atomic E-state index is 12.8. The minimum atomic E-state index is -4.72. The molecule has 1 heterocycles. The van der Waals surface area contributed by atoms with Crippen LogP contribution in [0.15, 0.2) is 6.07 Å². The molecule has 1 amide bonds. The molecule has 0 aliphatic carbocycles. The summed E-state index contributed by atoms with van der Waals surface area (Å²) in [4.78, 5) is 19.1. The van der Waals surface area contributed by atoms with Gasteiger partial charge in [-0.15, -0.1) is 0 Å². The van der Waals surface area contributed by atoms with Gasteiger partial charge in [0.1, 0.15) is 11.6 Å². The summed E-state index contributed by atoms with van der Waals surface area (Å²) in [7, 11) is 0. The summed E-state index contributed by atoms with van der Waals surface area (Å²) in [6, 6.07) is 1.23. The molecular weight excluding hydrogens is 289 g/mol. The van der Waals surface area contributed by atoms with Crippen molar-refractivity contribution in [3.8, 4) is 0 Å². The highest BCUT2D eigenvalue weighted by Gasteiger charge is 2.36. The van der Waals surface area contributed by atoms with Crippen LogP contribution >= 0.6 is 0 Å². The van der Waals surface area contributed by atoms with Gasteiger partial charge in [-0.1, -0.05) is 13.3 Å². The van der Waals surface area contributed by atoms with E-state index in [1.54, 1.807) is 0 Å². The van der Waals surface area contributed by atoms with Gasteiger partial charge in [-0.2, -0.15) is 13.2 Å². The summed E-state index contributed by atoms with van der Waals surface area (Å²) >= 11 is 0. The second-order valence-electron chi connectivity index (χ2n) is 4.32. The van der Waals surface area contributed by atoms with Gasteiger partial charge < -0.3 is 16.1 Å². The van der Waals surface area contributed by atoms with Crippen LogP contribution in [0.1, 0.15) is 25.6 Å². The number of unbranched alkanes of at least 4 members (excludes halogenated alkanes) is 1. The summed E-state index contributed by atoms with van der Waals surface area (Å²) in [6.45, 7) is 2.02. The fraction of sp³-hybridized carbons (Fsp3) is 0.545. The Balaban J connectivity index is 3.19. The van der Waals surface area contributed by atoms with Gasteiger partial charge in [0.25, 0.3) is 0 Å². The number of rotatable bonds is 7. The molecule has 1 aromatic rings. The van der Waals surface area contributed by atoms with Crippen molar-refractivity contribution in [3.05, 3.63) is 11.9 Å². The van der Waals surface area contributed by atoms with Crippen LogP contribution in [0.2, 0.25) is 0 Å². The number of nitrogens with zero attached hydrogens (tertiary/aromatic N) is 3. The first-order chi connectivity index (χ1) is 9.77. The second kappa shape index (κ2) is 7.07. The van der Waals surface area contributed by atoms with Crippen LogP contribution in [0, 0.1) is 0 Å². The molecule has 0 aliphatic heterocycles. The number of hydrogen-bond acceptors (Lipinski definition) is 6. The molecule has 0 aromatic carbocycles. The van der Waals surface area contributed by atoms with Gasteiger partial charge in [-0.25, -0.2) is 15.8 Å². The maximum Gasteiger partial charge on any atom is 0.451 e. The van der Waals surface area contributed by atoms with Crippen molar-refractivity contribution in [2.24, 2.45) is 11.6 Å². The zero-order valence-electron chi connectivity index (χ0n) is 11.4. The third-order valence-electron chi connectivity index (χ3n) is 2.57. The largest absolute Gasteiger partial charge is 0.451 e. The van der Waals surface area contributed by atoms with Gasteiger partial charge in [0, 0.05) is 12.6 Å². The fourth-order valence-corrected chi connectivity index (χ4v) is 1.61. The molecule has 1 aromatic heterocycles. The van der Waals surface area contributed by atoms with E-state index < -0.39 is 17.9 Å². The molecule has 0 radical (unpaired) electrons. The number of aromatic nitrogens is 2. The minimum absolute atomic E-state index is 0.0578. The van der Waals surface area contributed by atoms with Gasteiger partial charge in [0.2, 0.25) is 11.7 Å². The zero-order chi connectivity index (χ0) is 16.0. The van der Waals surface area contributed by atoms with E-state index in [1.807, 2.05) is 6.92 Å². The lowest BCUT2D eigenvalue weighted by Gasteiger charge is -2.23. The van der Waals surface area contributed by atoms with Crippen molar-refractivity contribution >= 4 is 17.5 Å². The Bertz CT molecular complexity index is 493. The molecule has 0 atom stereocenters. The SMILES string of the molecule is CCCCN(CC(N)=O)c1cc(NN)nc(C(F)(F)F)n1. The molecule has 0 saturated carbocycles. The summed E-state index contributed by atoms with van der Waals surface area (Å²) in [5.74, 6) is 2.86. The molecule has 10 heteroatoms. The molecular formula is C11H17F3N6O. The quantitative estimate of drug-likeness (QED) is 0.509. The molecule has 21 heavy (non-hydrogen) atoms. The smallest absolute Gasteiger partial charge is 0.368 e. The number of hydrogen-bond donors (Lipinski definition) is 3. The van der Waals surface area contributed by atoms with E-state index in [4.69, 9.17) is 11.6 Å². The van der Waals surface area contributed by atoms with E-state index in [0.717, 1.165) is 6.42 Å². The molecule has 5 N–H and O–H groups in total. The van der Waals surface area contributed by atoms with Crippen LogP contribution in [-0.4, -0.2) is 29.0 Å². The monoisotopic (exact) mass is 306 g/mol. The Hall–Kier alpha value is -2.10. The first kappa shape index (κ1) is 17.0. The lowest BCUT2D eigenvalue weighted by molar-refractivity contribution is -0.144. The van der Waals surface area contributed by atoms with Gasteiger partial charge >= 0.3 is 6.18 Å². The first-order valence-electron chi connectivity index (χ1n) is 6.24. The predicted molar refractivity (Wildman–Crippen MR) is 71.2 cm³/mol. The number of nitrogens with one attached hydrogen (secondary N) is 1. The van der Waals surface area contributed by atoms with E-state index in [1.165, 1.54) is 11.0 Å². The average Bonchev–Trinajstić information content (AvgIpc) is 2.41. The van der Waals surface area contributed by atoms with Crippen LogP contribution in [0.4, 0.5) is 24.8 Å². The van der Waals surface area contributed by atoms with Crippen LogP contribution in [0.25, 0.3) is 0 Å². The summed E-state index contributed by atoms with van der Waals surface area (Å²) < 4.78 is 38.3. The first-order valence-corrected chi connectivity index (χ1v) is 6.24. The lowest BCUT2D eigenvalue weighted by Crippen LogP contribution is -2.35. The fourth-order valence-electron chi connectivity index (χ4n) is 1.61. The van der Waals surface area contributed by atoms with Gasteiger partial charge in [0.05, 0.1) is 6.54 Å². The number of carbonyl (C=O) groups is 1. The highest BCUT2D eigenvalue weighted by molar-refractivity contribution is 5.79. The van der Waals surface area contributed by atoms with E-state index in [9.17, 15) is 18.0 Å². The maximum atomic E-state index is 12.8. The Morgan fingerprint density at radius 1 is 1.43 bits per heavy atom. The van der Waals surface area contributed by atoms with Gasteiger partial charge in [0.15, 0.2) is 0 Å². The predicted octanol–water partition coefficient (Wildman–Crippen LogP) is 0.873. The van der Waals surface area contributed by atoms with Crippen molar-refractivity contribution in [1.29, 1.82) is 0 Å². The molecule has 7 nitrogen and oxygen atoms in total. The number of primary amides is 1. The second-order valence-corrected chi connectivity index (χ2v) is 4.32. The van der Waals surface area contributed by atoms with Crippen molar-refractivity contribution in [2.75, 3.05) is 23.4 Å². The number of carbonyl (C=O) groups excluding carboxylic acids is 1. The third kappa shape index (κ3) is 5.06. The number of amides is 1. The van der Waals surface area contributed by atoms with Crippen molar-refractivity contribution < 1.29 is 18.0 Å². The standard InChI is InChI=1S/C11H17F3N6O/c1-2-3-4-20(6-7(15)21)9-5-8(19-16)17-10(18-9)11(12,13)14/h5H,2-4,6,16H2,1H3,(H2,15,21)(H,17,18,19). The van der Waals surface area contributed by atoms with E-state index in [-0.39, 0.29) is 18.2 Å². The van der Waals surface area contributed by atoms with Crippen molar-refractivity contribution in [1.82, 2.24) is 9.97 Å². The van der Waals surface area contributed by atoms with E-state index >= 15 is 0 Å². The lowest BCUT2D eigenvalue weighted by atomic mass is 10.3. The average molecular weight is 306 g/mol. The number of nitrogen functional groups attached to an aromatic ring is 1. The van der Waals surface area contributed by atoms with E-state index in [2.05, 4.69) is 15.4 Å². The molecule has 0 bridgehead atoms. The van der Waals surface area contributed by atoms with Gasteiger partial charge in [-0.05, 0) is 6.42 Å². The highest BCUT2D eigenvalue weighted by atomic mass is 19.4. The zero-order valence-corrected chi connectivity index (χ0v) is 11.4. The van der Waals surface area contributed by atoms with Crippen LogP contribution < -0.4 is 21.9 Å². The Kier molecular flexibility index (Phi) is 5.70. The highest BCUT2D eigenvalue weighted by Crippen LogP contribution is 2.29. The number of alkyl halides is 3. The normalized spacial score (nSPS) is 11.3. The van der Waals surface area contributed by atoms with E-state index in [0.29, 0.717) is 13.0 Å². The molecule has 0 saturated heterocycles. The molecule has 118 valence electrons. The number of hydrazine groups is 1. The summed E-state index contributed by atoms with van der Waals surface area (Å²) in [5, 5.41) is 0. The Morgan fingerprint density at radius 2 is 2.10 bits per heavy atom. The molecule has 1 rings (SSSR count). The van der Waals surface area contributed by atoms with Crippen LogP contribution in [0.3, 0.4) is 0 Å². The molecule has 0 aliphatic rings. The molecule has 0 unspecified atom stereocenters. The molecule has 0 spiro atoms. The van der Waals surface area contributed by atoms with Crippen molar-refractivity contribution in [2.45, 2.75) is 25.9 Å². The van der Waals surface area contributed by atoms with Gasteiger partial charge in [-0.3, -0.25) is 4.79 Å². The Labute approximate surface area is 119 Å². The topological polar surface area (TPSA) is 110 Å². The van der Waals surface area contributed by atoms with Crippen LogP contribution in [-0.2, 0) is 11.0 Å². The minimum Gasteiger partial charge on any atom is -0.368 e. The third-order valence-corrected chi connectivity index (χ3v) is 2.57. The summed E-state index contributed by atoms with van der Waals surface area (Å²) in [5.41, 5.74) is 7.16. The molecule has 0 fully saturated rings. The number of nitrogens with two attached hydrogens (primary N) is 2. The van der Waals surface area contributed by atoms with Crippen molar-refractivity contribution in [3.63, 3.8) is 0 Å². The van der Waals surface area contributed by atoms with Crippen LogP contribution in [0.5, 0.6) is 0 Å². The Morgan fingerprint density at radius 3 is 2.57 bits per heavy atom.